The maximum absolute atomic E-state index is 14.0. The highest BCUT2D eigenvalue weighted by Crippen LogP contribution is 2.24. The topological polar surface area (TPSA) is 110 Å². The molecule has 0 atom stereocenters. The number of hydrogen-bond donors (Lipinski definition) is 2. The first-order valence-corrected chi connectivity index (χ1v) is 11.4. The number of nitrogens with one attached hydrogen (secondary N) is 2. The van der Waals surface area contributed by atoms with Crippen LogP contribution in [0.1, 0.15) is 28.4 Å². The van der Waals surface area contributed by atoms with E-state index in [-0.39, 0.29) is 41.1 Å². The second-order valence-corrected chi connectivity index (χ2v) is 9.09. The number of halogens is 1. The van der Waals surface area contributed by atoms with Crippen molar-refractivity contribution < 1.29 is 17.3 Å². The Hall–Kier alpha value is -3.37. The van der Waals surface area contributed by atoms with Crippen LogP contribution in [0, 0.1) is 26.6 Å². The standard InChI is InChI=1S/C22H22FN5O3S/c1-13-7-6-9-17-20(13)26-19(12-25-32(29,30)21-14(2)28-31-15(21)3)27-22(17)24-11-16-8-4-5-10-18(16)23/h4-10,25H,11-12H2,1-3H3,(H,24,26,27). The SMILES string of the molecule is Cc1noc(C)c1S(=O)(=O)NCc1nc(NCc2ccccc2F)c2cccc(C)c2n1. The summed E-state index contributed by atoms with van der Waals surface area (Å²) in [6.07, 6.45) is 0. The summed E-state index contributed by atoms with van der Waals surface area (Å²) in [4.78, 5) is 9.06. The smallest absolute Gasteiger partial charge is 0.246 e. The van der Waals surface area contributed by atoms with Crippen LogP contribution in [0.4, 0.5) is 10.2 Å². The Morgan fingerprint density at radius 2 is 1.78 bits per heavy atom. The molecule has 2 heterocycles. The first kappa shape index (κ1) is 21.8. The third-order valence-corrected chi connectivity index (χ3v) is 6.68. The maximum Gasteiger partial charge on any atom is 0.246 e. The second kappa shape index (κ2) is 8.64. The average Bonchev–Trinajstić information content (AvgIpc) is 3.11. The molecule has 0 radical (unpaired) electrons. The van der Waals surface area contributed by atoms with E-state index in [0.717, 1.165) is 10.9 Å². The van der Waals surface area contributed by atoms with Gasteiger partial charge in [0.2, 0.25) is 10.0 Å². The summed E-state index contributed by atoms with van der Waals surface area (Å²) in [7, 11) is -3.87. The molecule has 0 aliphatic rings. The van der Waals surface area contributed by atoms with Crippen LogP contribution in [0.25, 0.3) is 10.9 Å². The van der Waals surface area contributed by atoms with Gasteiger partial charge in [-0.25, -0.2) is 27.5 Å². The average molecular weight is 456 g/mol. The number of aromatic nitrogens is 3. The van der Waals surface area contributed by atoms with Crippen molar-refractivity contribution in [3.05, 3.63) is 76.7 Å². The van der Waals surface area contributed by atoms with Crippen LogP contribution < -0.4 is 10.0 Å². The van der Waals surface area contributed by atoms with E-state index in [2.05, 4.69) is 25.2 Å². The van der Waals surface area contributed by atoms with Gasteiger partial charge in [0, 0.05) is 17.5 Å². The highest BCUT2D eigenvalue weighted by atomic mass is 32.2. The third kappa shape index (κ3) is 4.32. The molecule has 0 saturated carbocycles. The van der Waals surface area contributed by atoms with Crippen LogP contribution >= 0.6 is 0 Å². The van der Waals surface area contributed by atoms with Crippen LogP contribution in [-0.2, 0) is 23.1 Å². The molecule has 4 aromatic rings. The van der Waals surface area contributed by atoms with Crippen molar-refractivity contribution in [2.45, 2.75) is 38.8 Å². The van der Waals surface area contributed by atoms with E-state index >= 15 is 0 Å². The molecule has 0 fully saturated rings. The number of hydrogen-bond acceptors (Lipinski definition) is 7. The van der Waals surface area contributed by atoms with Crippen molar-refractivity contribution in [3.8, 4) is 0 Å². The number of para-hydroxylation sites is 1. The number of benzene rings is 2. The van der Waals surface area contributed by atoms with E-state index in [9.17, 15) is 12.8 Å². The Morgan fingerprint density at radius 1 is 1.00 bits per heavy atom. The van der Waals surface area contributed by atoms with Crippen molar-refractivity contribution in [1.82, 2.24) is 19.8 Å². The summed E-state index contributed by atoms with van der Waals surface area (Å²) in [5.41, 5.74) is 2.36. The van der Waals surface area contributed by atoms with Gasteiger partial charge in [-0.2, -0.15) is 0 Å². The Balaban J connectivity index is 1.65. The number of sulfonamides is 1. The van der Waals surface area contributed by atoms with Gasteiger partial charge in [-0.05, 0) is 38.5 Å². The van der Waals surface area contributed by atoms with E-state index in [1.54, 1.807) is 25.1 Å². The Morgan fingerprint density at radius 3 is 2.50 bits per heavy atom. The largest absolute Gasteiger partial charge is 0.365 e. The van der Waals surface area contributed by atoms with Gasteiger partial charge in [0.1, 0.15) is 28.0 Å². The molecule has 0 unspecified atom stereocenters. The minimum atomic E-state index is -3.87. The first-order chi connectivity index (χ1) is 15.3. The Labute approximate surface area is 184 Å². The van der Waals surface area contributed by atoms with E-state index < -0.39 is 10.0 Å². The minimum Gasteiger partial charge on any atom is -0.365 e. The number of aryl methyl sites for hydroxylation is 3. The normalized spacial score (nSPS) is 11.8. The fraction of sp³-hybridized carbons (Fsp3) is 0.227. The summed E-state index contributed by atoms with van der Waals surface area (Å²) in [5, 5.41) is 7.62. The molecule has 0 aliphatic heterocycles. The van der Waals surface area contributed by atoms with Gasteiger partial charge in [-0.15, -0.1) is 0 Å². The van der Waals surface area contributed by atoms with Gasteiger partial charge < -0.3 is 9.84 Å². The molecule has 0 bridgehead atoms. The predicted molar refractivity (Wildman–Crippen MR) is 118 cm³/mol. The summed E-state index contributed by atoms with van der Waals surface area (Å²) >= 11 is 0. The van der Waals surface area contributed by atoms with E-state index in [4.69, 9.17) is 4.52 Å². The molecule has 8 nitrogen and oxygen atoms in total. The molecule has 0 spiro atoms. The molecule has 166 valence electrons. The summed E-state index contributed by atoms with van der Waals surface area (Å²) in [5.74, 6) is 0.658. The zero-order valence-electron chi connectivity index (χ0n) is 17.8. The van der Waals surface area contributed by atoms with Crippen molar-refractivity contribution in [3.63, 3.8) is 0 Å². The van der Waals surface area contributed by atoms with Crippen molar-refractivity contribution in [2.75, 3.05) is 5.32 Å². The lowest BCUT2D eigenvalue weighted by atomic mass is 10.1. The molecule has 4 rings (SSSR count). The lowest BCUT2D eigenvalue weighted by Gasteiger charge is -2.13. The van der Waals surface area contributed by atoms with Gasteiger partial charge in [-0.1, -0.05) is 35.5 Å². The molecule has 0 amide bonds. The van der Waals surface area contributed by atoms with Crippen molar-refractivity contribution >= 4 is 26.7 Å². The Kier molecular flexibility index (Phi) is 5.90. The van der Waals surface area contributed by atoms with Crippen molar-refractivity contribution in [2.24, 2.45) is 0 Å². The molecule has 2 N–H and O–H groups in total. The molecular formula is C22H22FN5O3S. The highest BCUT2D eigenvalue weighted by Gasteiger charge is 2.24. The fourth-order valence-electron chi connectivity index (χ4n) is 3.47. The van der Waals surface area contributed by atoms with Gasteiger partial charge in [-0.3, -0.25) is 0 Å². The van der Waals surface area contributed by atoms with E-state index in [0.29, 0.717) is 16.9 Å². The zero-order valence-corrected chi connectivity index (χ0v) is 18.6. The quantitative estimate of drug-likeness (QED) is 0.436. The van der Waals surface area contributed by atoms with Crippen LogP contribution in [0.15, 0.2) is 51.9 Å². The lowest BCUT2D eigenvalue weighted by molar-refractivity contribution is 0.390. The molecule has 32 heavy (non-hydrogen) atoms. The summed E-state index contributed by atoms with van der Waals surface area (Å²) in [6.45, 7) is 5.09. The molecule has 10 heteroatoms. The van der Waals surface area contributed by atoms with Gasteiger partial charge in [0.05, 0.1) is 12.1 Å². The Bertz CT molecular complexity index is 1380. The third-order valence-electron chi connectivity index (χ3n) is 5.04. The number of rotatable bonds is 7. The van der Waals surface area contributed by atoms with Crippen LogP contribution in [0.3, 0.4) is 0 Å². The summed E-state index contributed by atoms with van der Waals surface area (Å²) < 4.78 is 47.0. The van der Waals surface area contributed by atoms with Gasteiger partial charge >= 0.3 is 0 Å². The first-order valence-electron chi connectivity index (χ1n) is 9.92. The fourth-order valence-corrected chi connectivity index (χ4v) is 4.77. The zero-order chi connectivity index (χ0) is 22.9. The minimum absolute atomic E-state index is 0.00683. The number of nitrogens with zero attached hydrogens (tertiary/aromatic N) is 3. The number of anilines is 1. The highest BCUT2D eigenvalue weighted by molar-refractivity contribution is 7.89. The van der Waals surface area contributed by atoms with Crippen molar-refractivity contribution in [1.29, 1.82) is 0 Å². The second-order valence-electron chi connectivity index (χ2n) is 7.38. The van der Waals surface area contributed by atoms with Gasteiger partial charge in [0.25, 0.3) is 0 Å². The van der Waals surface area contributed by atoms with Gasteiger partial charge in [0.15, 0.2) is 5.76 Å². The van der Waals surface area contributed by atoms with E-state index in [1.807, 2.05) is 25.1 Å². The van der Waals surface area contributed by atoms with E-state index in [1.165, 1.54) is 13.0 Å². The molecule has 0 saturated heterocycles. The van der Waals surface area contributed by atoms with Crippen LogP contribution in [-0.4, -0.2) is 23.5 Å². The molecule has 0 aliphatic carbocycles. The monoisotopic (exact) mass is 455 g/mol. The molecule has 2 aromatic carbocycles. The van der Waals surface area contributed by atoms with Crippen LogP contribution in [0.5, 0.6) is 0 Å². The molecule has 2 aromatic heterocycles. The number of fused-ring (bicyclic) bond motifs is 1. The van der Waals surface area contributed by atoms with Crippen LogP contribution in [0.2, 0.25) is 0 Å². The maximum atomic E-state index is 14.0. The predicted octanol–water partition coefficient (Wildman–Crippen LogP) is 3.77. The lowest BCUT2D eigenvalue weighted by Crippen LogP contribution is -2.25. The summed E-state index contributed by atoms with van der Waals surface area (Å²) in [6, 6.07) is 12.1. The molecular weight excluding hydrogens is 433 g/mol.